The van der Waals surface area contributed by atoms with Crippen molar-refractivity contribution in [1.29, 1.82) is 0 Å². The van der Waals surface area contributed by atoms with Gasteiger partial charge in [-0.2, -0.15) is 0 Å². The predicted octanol–water partition coefficient (Wildman–Crippen LogP) is 2.90. The third-order valence-electron chi connectivity index (χ3n) is 1.64. The van der Waals surface area contributed by atoms with Gasteiger partial charge in [0.2, 0.25) is 0 Å². The number of alkyl halides is 1. The molecular formula is C8H16IO. The van der Waals surface area contributed by atoms with Crippen molar-refractivity contribution in [3.05, 3.63) is 0 Å². The Morgan fingerprint density at radius 1 is 1.30 bits per heavy atom. The molecule has 0 heterocycles. The summed E-state index contributed by atoms with van der Waals surface area (Å²) >= 11 is 2.33. The minimum absolute atomic E-state index is 0.297. The average molecular weight is 255 g/mol. The molecule has 0 aromatic carbocycles. The second-order valence-corrected chi connectivity index (χ2v) is 4.16. The summed E-state index contributed by atoms with van der Waals surface area (Å²) in [4.78, 5) is 0. The third-order valence-corrected chi connectivity index (χ3v) is 3.15. The first kappa shape index (κ1) is 10.7. The van der Waals surface area contributed by atoms with Crippen LogP contribution in [0, 0.1) is 11.8 Å². The number of halogens is 1. The second-order valence-electron chi connectivity index (χ2n) is 3.28. The first-order valence-electron chi connectivity index (χ1n) is 3.79. The molecule has 0 aliphatic rings. The van der Waals surface area contributed by atoms with Gasteiger partial charge >= 0.3 is 0 Å². The van der Waals surface area contributed by atoms with E-state index in [9.17, 15) is 5.11 Å². The van der Waals surface area contributed by atoms with Crippen LogP contribution in [0.2, 0.25) is 0 Å². The van der Waals surface area contributed by atoms with E-state index in [1.807, 2.05) is 13.8 Å². The van der Waals surface area contributed by atoms with Crippen LogP contribution >= 0.6 is 22.6 Å². The molecule has 10 heavy (non-hydrogen) atoms. The maximum Gasteiger partial charge on any atom is 0.0955 e. The van der Waals surface area contributed by atoms with E-state index < -0.39 is 0 Å². The molecule has 0 aliphatic carbocycles. The normalized spacial score (nSPS) is 17.4. The summed E-state index contributed by atoms with van der Waals surface area (Å²) in [7, 11) is 0. The molecule has 1 radical (unpaired) electrons. The van der Waals surface area contributed by atoms with Crippen LogP contribution in [0.25, 0.3) is 0 Å². The summed E-state index contributed by atoms with van der Waals surface area (Å²) in [6.07, 6.45) is 0.477. The van der Waals surface area contributed by atoms with Crippen LogP contribution in [0.5, 0.6) is 0 Å². The van der Waals surface area contributed by atoms with E-state index in [1.165, 1.54) is 0 Å². The van der Waals surface area contributed by atoms with Crippen molar-refractivity contribution in [3.63, 3.8) is 0 Å². The lowest BCUT2D eigenvalue weighted by atomic mass is 9.98. The Kier molecular flexibility index (Phi) is 5.72. The molecule has 0 aromatic rings. The Labute approximate surface area is 77.3 Å². The summed E-state index contributed by atoms with van der Waals surface area (Å²) in [5, 5.41) is 11.2. The largest absolute Gasteiger partial charge is 0.233 e. The fourth-order valence-electron chi connectivity index (χ4n) is 0.732. The molecule has 61 valence electrons. The number of hydrogen-bond acceptors (Lipinski definition) is 0. The van der Waals surface area contributed by atoms with Crippen LogP contribution < -0.4 is 0 Å². The van der Waals surface area contributed by atoms with Crippen LogP contribution in [-0.2, 0) is 5.11 Å². The van der Waals surface area contributed by atoms with Crippen LogP contribution in [0.3, 0.4) is 0 Å². The number of rotatable bonds is 4. The summed E-state index contributed by atoms with van der Waals surface area (Å²) in [5.74, 6) is 0.885. The van der Waals surface area contributed by atoms with Crippen molar-refractivity contribution in [2.24, 2.45) is 11.8 Å². The highest BCUT2D eigenvalue weighted by Gasteiger charge is 2.13. The zero-order valence-electron chi connectivity index (χ0n) is 6.93. The molecule has 0 bridgehead atoms. The highest BCUT2D eigenvalue weighted by Crippen LogP contribution is 2.14. The van der Waals surface area contributed by atoms with Gasteiger partial charge in [-0.25, -0.2) is 5.11 Å². The van der Waals surface area contributed by atoms with Gasteiger partial charge in [0.15, 0.2) is 0 Å². The highest BCUT2D eigenvalue weighted by atomic mass is 127. The number of hydrogen-bond donors (Lipinski definition) is 0. The van der Waals surface area contributed by atoms with E-state index in [0.29, 0.717) is 11.8 Å². The minimum Gasteiger partial charge on any atom is -0.233 e. The molecule has 0 saturated carbocycles. The first-order valence-corrected chi connectivity index (χ1v) is 5.32. The average Bonchev–Trinajstić information content (AvgIpc) is 1.87. The third kappa shape index (κ3) is 4.50. The molecule has 0 amide bonds. The van der Waals surface area contributed by atoms with Gasteiger partial charge in [-0.05, 0) is 18.3 Å². The lowest BCUT2D eigenvalue weighted by Crippen LogP contribution is -2.17. The monoisotopic (exact) mass is 255 g/mol. The van der Waals surface area contributed by atoms with Crippen LogP contribution in [-0.4, -0.2) is 10.5 Å². The minimum atomic E-state index is -0.357. The van der Waals surface area contributed by atoms with Crippen LogP contribution in [0.4, 0.5) is 0 Å². The molecule has 0 fully saturated rings. The van der Waals surface area contributed by atoms with E-state index in [0.717, 1.165) is 10.8 Å². The van der Waals surface area contributed by atoms with Crippen molar-refractivity contribution >= 4 is 22.6 Å². The zero-order valence-corrected chi connectivity index (χ0v) is 9.09. The topological polar surface area (TPSA) is 19.9 Å². The molecule has 0 spiro atoms. The SMILES string of the molecule is CC(CI)CC([O])C(C)C. The smallest absolute Gasteiger partial charge is 0.0955 e. The summed E-state index contributed by atoms with van der Waals surface area (Å²) < 4.78 is 1.10. The fourth-order valence-corrected chi connectivity index (χ4v) is 1.09. The summed E-state index contributed by atoms with van der Waals surface area (Å²) in [6, 6.07) is 0. The molecule has 2 unspecified atom stereocenters. The lowest BCUT2D eigenvalue weighted by Gasteiger charge is -2.14. The Balaban J connectivity index is 3.46. The Bertz CT molecular complexity index is 83.3. The predicted molar refractivity (Wildman–Crippen MR) is 52.0 cm³/mol. The maximum atomic E-state index is 11.2. The van der Waals surface area contributed by atoms with Gasteiger partial charge in [-0.15, -0.1) is 0 Å². The van der Waals surface area contributed by atoms with E-state index in [1.54, 1.807) is 0 Å². The van der Waals surface area contributed by atoms with Crippen LogP contribution in [0.1, 0.15) is 27.2 Å². The molecule has 2 heteroatoms. The van der Waals surface area contributed by atoms with Gasteiger partial charge in [0.05, 0.1) is 6.10 Å². The first-order chi connectivity index (χ1) is 4.57. The van der Waals surface area contributed by atoms with Gasteiger partial charge in [0, 0.05) is 4.43 Å². The molecular weight excluding hydrogens is 239 g/mol. The molecule has 0 aromatic heterocycles. The van der Waals surface area contributed by atoms with E-state index in [2.05, 4.69) is 29.5 Å². The molecule has 0 rings (SSSR count). The summed E-state index contributed by atoms with van der Waals surface area (Å²) in [6.45, 7) is 6.13. The lowest BCUT2D eigenvalue weighted by molar-refractivity contribution is 0.0336. The van der Waals surface area contributed by atoms with Gasteiger partial charge in [-0.3, -0.25) is 0 Å². The molecule has 2 atom stereocenters. The fraction of sp³-hybridized carbons (Fsp3) is 1.00. The van der Waals surface area contributed by atoms with Gasteiger partial charge < -0.3 is 0 Å². The van der Waals surface area contributed by atoms with Crippen molar-refractivity contribution in [2.75, 3.05) is 4.43 Å². The molecule has 0 aliphatic heterocycles. The van der Waals surface area contributed by atoms with Crippen molar-refractivity contribution in [2.45, 2.75) is 33.3 Å². The Morgan fingerprint density at radius 2 is 1.80 bits per heavy atom. The Hall–Kier alpha value is 0.690. The van der Waals surface area contributed by atoms with Gasteiger partial charge in [-0.1, -0.05) is 43.4 Å². The Morgan fingerprint density at radius 3 is 2.10 bits per heavy atom. The van der Waals surface area contributed by atoms with E-state index >= 15 is 0 Å². The highest BCUT2D eigenvalue weighted by molar-refractivity contribution is 14.1. The van der Waals surface area contributed by atoms with E-state index in [-0.39, 0.29) is 6.10 Å². The molecule has 1 nitrogen and oxygen atoms in total. The van der Waals surface area contributed by atoms with Crippen molar-refractivity contribution in [1.82, 2.24) is 0 Å². The van der Waals surface area contributed by atoms with E-state index in [4.69, 9.17) is 0 Å². The van der Waals surface area contributed by atoms with Crippen molar-refractivity contribution < 1.29 is 5.11 Å². The molecule has 0 saturated heterocycles. The van der Waals surface area contributed by atoms with Crippen molar-refractivity contribution in [3.8, 4) is 0 Å². The quantitative estimate of drug-likeness (QED) is 0.543. The van der Waals surface area contributed by atoms with Gasteiger partial charge in [0.1, 0.15) is 0 Å². The zero-order chi connectivity index (χ0) is 8.15. The van der Waals surface area contributed by atoms with Crippen LogP contribution in [0.15, 0.2) is 0 Å². The maximum absolute atomic E-state index is 11.2. The molecule has 0 N–H and O–H groups in total. The second kappa shape index (κ2) is 5.35. The summed E-state index contributed by atoms with van der Waals surface area (Å²) in [5.41, 5.74) is 0. The van der Waals surface area contributed by atoms with Gasteiger partial charge in [0.25, 0.3) is 0 Å². The standard InChI is InChI=1S/C8H16IO/c1-6(2)8(10)4-7(3)5-9/h6-8H,4-5H2,1-3H3.